The molecule has 0 aliphatic rings. The maximum atomic E-state index is 11.9. The zero-order chi connectivity index (χ0) is 13.2. The Morgan fingerprint density at radius 3 is 2.65 bits per heavy atom. The maximum Gasteiger partial charge on any atom is 0.241 e. The van der Waals surface area contributed by atoms with Crippen molar-refractivity contribution in [3.05, 3.63) is 14.7 Å². The molecular formula is C9H15BrN2O3S2. The summed E-state index contributed by atoms with van der Waals surface area (Å²) in [4.78, 5) is 0.946. The molecule has 17 heavy (non-hydrogen) atoms. The van der Waals surface area contributed by atoms with Gasteiger partial charge in [0.15, 0.2) is 0 Å². The van der Waals surface area contributed by atoms with Gasteiger partial charge in [-0.3, -0.25) is 0 Å². The molecule has 1 heterocycles. The van der Waals surface area contributed by atoms with Crippen LogP contribution in [0.15, 0.2) is 14.7 Å². The first kappa shape index (κ1) is 15.1. The Morgan fingerprint density at radius 2 is 2.24 bits per heavy atom. The summed E-state index contributed by atoms with van der Waals surface area (Å²) in [5.74, 6) is 0. The average Bonchev–Trinajstić information content (AvgIpc) is 2.55. The lowest BCUT2D eigenvalue weighted by molar-refractivity contribution is 0.164. The molecule has 0 spiro atoms. The highest BCUT2D eigenvalue weighted by Crippen LogP contribution is 2.29. The maximum absolute atomic E-state index is 11.9. The first-order valence-electron chi connectivity index (χ1n) is 4.93. The fourth-order valence-corrected chi connectivity index (χ4v) is 4.64. The topological polar surface area (TPSA) is 92.4 Å². The zero-order valence-corrected chi connectivity index (χ0v) is 12.7. The molecule has 0 amide bonds. The molecule has 0 fully saturated rings. The molecule has 4 N–H and O–H groups in total. The summed E-state index contributed by atoms with van der Waals surface area (Å²) in [5.41, 5.74) is 5.56. The summed E-state index contributed by atoms with van der Waals surface area (Å²) in [7, 11) is -3.56. The third kappa shape index (κ3) is 4.01. The van der Waals surface area contributed by atoms with E-state index in [1.165, 1.54) is 18.3 Å². The predicted molar refractivity (Wildman–Crippen MR) is 71.6 cm³/mol. The number of aliphatic hydroxyl groups excluding tert-OH is 1. The van der Waals surface area contributed by atoms with Crippen LogP contribution in [0, 0.1) is 6.92 Å². The van der Waals surface area contributed by atoms with Gasteiger partial charge in [-0.2, -0.15) is 0 Å². The highest BCUT2D eigenvalue weighted by molar-refractivity contribution is 9.11. The standard InChI is InChI=1S/C9H15BrN2O3S2/c1-5(13)7(11)4-12-17(14,15)8-3-9(10)16-6(8)2/h3,5,7,12-13H,4,11H2,1-2H3. The summed E-state index contributed by atoms with van der Waals surface area (Å²) < 4.78 is 27.0. The van der Waals surface area contributed by atoms with Crippen LogP contribution >= 0.6 is 27.3 Å². The van der Waals surface area contributed by atoms with Crippen LogP contribution in [0.5, 0.6) is 0 Å². The highest BCUT2D eigenvalue weighted by Gasteiger charge is 2.21. The average molecular weight is 343 g/mol. The molecule has 2 atom stereocenters. The Balaban J connectivity index is 2.80. The molecule has 0 aliphatic carbocycles. The molecule has 8 heteroatoms. The van der Waals surface area contributed by atoms with Gasteiger partial charge in [-0.15, -0.1) is 11.3 Å². The number of rotatable bonds is 5. The number of hydrogen-bond donors (Lipinski definition) is 3. The van der Waals surface area contributed by atoms with Gasteiger partial charge in [0.05, 0.1) is 14.8 Å². The Labute approximate surface area is 113 Å². The second-order valence-corrected chi connectivity index (χ2v) is 8.10. The number of nitrogens with one attached hydrogen (secondary N) is 1. The van der Waals surface area contributed by atoms with Crippen LogP contribution in [0.25, 0.3) is 0 Å². The molecule has 0 bridgehead atoms. The second-order valence-electron chi connectivity index (χ2n) is 3.73. The smallest absolute Gasteiger partial charge is 0.241 e. The number of hydrogen-bond acceptors (Lipinski definition) is 5. The summed E-state index contributed by atoms with van der Waals surface area (Å²) in [6, 6.07) is 0.933. The fourth-order valence-electron chi connectivity index (χ4n) is 1.15. The summed E-state index contributed by atoms with van der Waals surface area (Å²) in [6.45, 7) is 3.26. The molecule has 5 nitrogen and oxygen atoms in total. The van der Waals surface area contributed by atoms with E-state index in [0.717, 1.165) is 3.79 Å². The van der Waals surface area contributed by atoms with Gasteiger partial charge in [-0.25, -0.2) is 13.1 Å². The minimum absolute atomic E-state index is 0.00685. The number of aliphatic hydroxyl groups is 1. The molecule has 2 unspecified atom stereocenters. The predicted octanol–water partition coefficient (Wildman–Crippen LogP) is 0.805. The minimum Gasteiger partial charge on any atom is -0.392 e. The highest BCUT2D eigenvalue weighted by atomic mass is 79.9. The van der Waals surface area contributed by atoms with Crippen LogP contribution in [0.4, 0.5) is 0 Å². The number of thiophene rings is 1. The Bertz CT molecular complexity index is 484. The van der Waals surface area contributed by atoms with Crippen molar-refractivity contribution in [1.29, 1.82) is 0 Å². The van der Waals surface area contributed by atoms with Crippen molar-refractivity contribution < 1.29 is 13.5 Å². The number of sulfonamides is 1. The van der Waals surface area contributed by atoms with Crippen molar-refractivity contribution in [2.75, 3.05) is 6.54 Å². The quantitative estimate of drug-likeness (QED) is 0.738. The van der Waals surface area contributed by atoms with Crippen LogP contribution in [-0.2, 0) is 10.0 Å². The molecule has 0 saturated heterocycles. The number of halogens is 1. The lowest BCUT2D eigenvalue weighted by atomic mass is 10.2. The van der Waals surface area contributed by atoms with E-state index < -0.39 is 22.2 Å². The molecule has 0 aliphatic heterocycles. The van der Waals surface area contributed by atoms with Crippen LogP contribution < -0.4 is 10.5 Å². The Kier molecular flexibility index (Phi) is 5.11. The van der Waals surface area contributed by atoms with Crippen molar-refractivity contribution in [2.24, 2.45) is 5.73 Å². The van der Waals surface area contributed by atoms with Crippen molar-refractivity contribution in [1.82, 2.24) is 4.72 Å². The summed E-state index contributed by atoms with van der Waals surface area (Å²) in [6.07, 6.45) is -0.756. The van der Waals surface area contributed by atoms with E-state index in [-0.39, 0.29) is 11.4 Å². The Hall–Kier alpha value is 0.01000. The number of aryl methyl sites for hydroxylation is 1. The fraction of sp³-hybridized carbons (Fsp3) is 0.556. The van der Waals surface area contributed by atoms with Gasteiger partial charge in [0, 0.05) is 17.5 Å². The van der Waals surface area contributed by atoms with Gasteiger partial charge < -0.3 is 10.8 Å². The third-order valence-corrected chi connectivity index (χ3v) is 5.49. The van der Waals surface area contributed by atoms with Gasteiger partial charge in [-0.1, -0.05) is 0 Å². The summed E-state index contributed by atoms with van der Waals surface area (Å²) >= 11 is 4.59. The van der Waals surface area contributed by atoms with Gasteiger partial charge >= 0.3 is 0 Å². The van der Waals surface area contributed by atoms with E-state index in [4.69, 9.17) is 5.73 Å². The van der Waals surface area contributed by atoms with E-state index in [0.29, 0.717) is 4.88 Å². The molecule has 1 rings (SSSR count). The van der Waals surface area contributed by atoms with E-state index in [1.54, 1.807) is 13.0 Å². The van der Waals surface area contributed by atoms with E-state index in [2.05, 4.69) is 20.7 Å². The van der Waals surface area contributed by atoms with Gasteiger partial charge in [0.1, 0.15) is 0 Å². The zero-order valence-electron chi connectivity index (χ0n) is 9.47. The lowest BCUT2D eigenvalue weighted by Gasteiger charge is -2.15. The molecule has 0 saturated carbocycles. The van der Waals surface area contributed by atoms with Crippen molar-refractivity contribution in [2.45, 2.75) is 30.9 Å². The number of nitrogens with two attached hydrogens (primary N) is 1. The van der Waals surface area contributed by atoms with Gasteiger partial charge in [-0.05, 0) is 35.8 Å². The molecule has 1 aromatic rings. The summed E-state index contributed by atoms with van der Waals surface area (Å²) in [5, 5.41) is 9.18. The Morgan fingerprint density at radius 1 is 1.65 bits per heavy atom. The first-order valence-corrected chi connectivity index (χ1v) is 8.02. The van der Waals surface area contributed by atoms with Crippen molar-refractivity contribution >= 4 is 37.3 Å². The normalized spacial score (nSPS) is 15.8. The van der Waals surface area contributed by atoms with Crippen molar-refractivity contribution in [3.63, 3.8) is 0 Å². The lowest BCUT2D eigenvalue weighted by Crippen LogP contribution is -2.43. The molecule has 98 valence electrons. The van der Waals surface area contributed by atoms with Gasteiger partial charge in [0.25, 0.3) is 0 Å². The molecule has 0 aromatic carbocycles. The van der Waals surface area contributed by atoms with Crippen LogP contribution in [0.2, 0.25) is 0 Å². The van der Waals surface area contributed by atoms with Crippen LogP contribution in [0.3, 0.4) is 0 Å². The van der Waals surface area contributed by atoms with Gasteiger partial charge in [0.2, 0.25) is 10.0 Å². The van der Waals surface area contributed by atoms with Crippen LogP contribution in [0.1, 0.15) is 11.8 Å². The van der Waals surface area contributed by atoms with Crippen LogP contribution in [-0.4, -0.2) is 32.2 Å². The van der Waals surface area contributed by atoms with Crippen molar-refractivity contribution in [3.8, 4) is 0 Å². The van der Waals surface area contributed by atoms with E-state index in [1.807, 2.05) is 0 Å². The second kappa shape index (κ2) is 5.77. The molecule has 1 aromatic heterocycles. The monoisotopic (exact) mass is 342 g/mol. The third-order valence-electron chi connectivity index (χ3n) is 2.26. The molecule has 0 radical (unpaired) electrons. The minimum atomic E-state index is -3.56. The molecular weight excluding hydrogens is 328 g/mol. The van der Waals surface area contributed by atoms with E-state index >= 15 is 0 Å². The first-order chi connectivity index (χ1) is 7.74. The largest absolute Gasteiger partial charge is 0.392 e. The van der Waals surface area contributed by atoms with E-state index in [9.17, 15) is 13.5 Å². The SMILES string of the molecule is Cc1sc(Br)cc1S(=O)(=O)NCC(N)C(C)O.